The summed E-state index contributed by atoms with van der Waals surface area (Å²) in [6.45, 7) is 6.75. The van der Waals surface area contributed by atoms with E-state index in [2.05, 4.69) is 11.8 Å². The summed E-state index contributed by atoms with van der Waals surface area (Å²) in [6, 6.07) is 0.598. The van der Waals surface area contributed by atoms with Gasteiger partial charge in [-0.1, -0.05) is 0 Å². The second kappa shape index (κ2) is 7.02. The summed E-state index contributed by atoms with van der Waals surface area (Å²) in [4.78, 5) is 2.51. The minimum absolute atomic E-state index is 0.0604. The molecule has 1 heterocycles. The van der Waals surface area contributed by atoms with Crippen LogP contribution >= 0.6 is 0 Å². The first-order chi connectivity index (χ1) is 9.21. The average molecular weight is 271 g/mol. The third-order valence-electron chi connectivity index (χ3n) is 4.74. The summed E-state index contributed by atoms with van der Waals surface area (Å²) < 4.78 is 10.9. The van der Waals surface area contributed by atoms with E-state index in [0.29, 0.717) is 12.6 Å². The lowest BCUT2D eigenvalue weighted by molar-refractivity contribution is -0.0637. The molecule has 2 atom stereocenters. The van der Waals surface area contributed by atoms with Crippen molar-refractivity contribution in [2.75, 3.05) is 46.6 Å². The zero-order valence-electron chi connectivity index (χ0n) is 12.4. The Balaban J connectivity index is 1.95. The molecule has 0 amide bonds. The highest BCUT2D eigenvalue weighted by molar-refractivity contribution is 4.90. The molecule has 19 heavy (non-hydrogen) atoms. The quantitative estimate of drug-likeness (QED) is 0.727. The van der Waals surface area contributed by atoms with Crippen LogP contribution in [0.4, 0.5) is 0 Å². The third-order valence-corrected chi connectivity index (χ3v) is 4.74. The van der Waals surface area contributed by atoms with Crippen LogP contribution in [0.15, 0.2) is 0 Å². The molecule has 0 radical (unpaired) electrons. The Morgan fingerprint density at radius 1 is 1.47 bits per heavy atom. The number of nitrogens with zero attached hydrogens (tertiary/aromatic N) is 1. The number of hydrogen-bond donors (Lipinski definition) is 1. The molecule has 0 aromatic heterocycles. The van der Waals surface area contributed by atoms with Crippen molar-refractivity contribution in [3.8, 4) is 0 Å². The Morgan fingerprint density at radius 3 is 2.79 bits per heavy atom. The molecular formula is C15H29NO3. The number of hydrogen-bond acceptors (Lipinski definition) is 4. The van der Waals surface area contributed by atoms with Crippen LogP contribution in [0.5, 0.6) is 0 Å². The van der Waals surface area contributed by atoms with E-state index >= 15 is 0 Å². The predicted molar refractivity (Wildman–Crippen MR) is 75.2 cm³/mol. The van der Waals surface area contributed by atoms with Gasteiger partial charge in [-0.05, 0) is 38.5 Å². The van der Waals surface area contributed by atoms with Crippen molar-refractivity contribution in [3.05, 3.63) is 0 Å². The van der Waals surface area contributed by atoms with E-state index in [4.69, 9.17) is 9.47 Å². The van der Waals surface area contributed by atoms with Crippen LogP contribution in [0, 0.1) is 11.3 Å². The van der Waals surface area contributed by atoms with Crippen LogP contribution in [0.3, 0.4) is 0 Å². The highest BCUT2D eigenvalue weighted by Gasteiger charge is 2.38. The van der Waals surface area contributed by atoms with E-state index in [1.54, 1.807) is 7.11 Å². The van der Waals surface area contributed by atoms with Gasteiger partial charge in [0.15, 0.2) is 0 Å². The Bertz CT molecular complexity index is 262. The van der Waals surface area contributed by atoms with Crippen molar-refractivity contribution >= 4 is 0 Å². The van der Waals surface area contributed by atoms with Gasteiger partial charge in [-0.15, -0.1) is 0 Å². The van der Waals surface area contributed by atoms with Crippen molar-refractivity contribution in [1.82, 2.24) is 4.90 Å². The smallest absolute Gasteiger partial charge is 0.0589 e. The second-order valence-corrected chi connectivity index (χ2v) is 6.36. The molecule has 1 aliphatic carbocycles. The van der Waals surface area contributed by atoms with Crippen molar-refractivity contribution in [3.63, 3.8) is 0 Å². The molecule has 4 nitrogen and oxygen atoms in total. The maximum Gasteiger partial charge on any atom is 0.0589 e. The fourth-order valence-corrected chi connectivity index (χ4v) is 3.15. The first-order valence-corrected chi connectivity index (χ1v) is 7.62. The van der Waals surface area contributed by atoms with Gasteiger partial charge in [0.2, 0.25) is 0 Å². The number of aliphatic hydroxyl groups is 1. The van der Waals surface area contributed by atoms with Crippen molar-refractivity contribution in [2.45, 2.75) is 38.6 Å². The van der Waals surface area contributed by atoms with Gasteiger partial charge in [0.1, 0.15) is 0 Å². The third kappa shape index (κ3) is 4.15. The monoisotopic (exact) mass is 271 g/mol. The van der Waals surface area contributed by atoms with E-state index < -0.39 is 0 Å². The minimum atomic E-state index is -0.0604. The summed E-state index contributed by atoms with van der Waals surface area (Å²) >= 11 is 0. The maximum absolute atomic E-state index is 9.81. The molecule has 112 valence electrons. The highest BCUT2D eigenvalue weighted by Crippen LogP contribution is 2.37. The number of aliphatic hydroxyl groups excluding tert-OH is 1. The largest absolute Gasteiger partial charge is 0.396 e. The normalized spacial score (nSPS) is 29.7. The van der Waals surface area contributed by atoms with Crippen LogP contribution in [-0.4, -0.2) is 62.7 Å². The van der Waals surface area contributed by atoms with Crippen LogP contribution in [0.1, 0.15) is 32.6 Å². The van der Waals surface area contributed by atoms with Gasteiger partial charge < -0.3 is 14.6 Å². The summed E-state index contributed by atoms with van der Waals surface area (Å²) in [5, 5.41) is 9.81. The summed E-state index contributed by atoms with van der Waals surface area (Å²) in [5.74, 6) is 0.845. The second-order valence-electron chi connectivity index (χ2n) is 6.36. The molecule has 0 aromatic carbocycles. The predicted octanol–water partition coefficient (Wildman–Crippen LogP) is 1.52. The fraction of sp³-hybridized carbons (Fsp3) is 1.00. The van der Waals surface area contributed by atoms with Crippen molar-refractivity contribution in [1.29, 1.82) is 0 Å². The van der Waals surface area contributed by atoms with Gasteiger partial charge in [-0.2, -0.15) is 0 Å². The Morgan fingerprint density at radius 2 is 2.26 bits per heavy atom. The van der Waals surface area contributed by atoms with Crippen molar-refractivity contribution < 1.29 is 14.6 Å². The Hall–Kier alpha value is -0.160. The lowest BCUT2D eigenvalue weighted by atomic mass is 9.82. The van der Waals surface area contributed by atoms with Gasteiger partial charge in [0.25, 0.3) is 0 Å². The summed E-state index contributed by atoms with van der Waals surface area (Å²) in [7, 11) is 1.76. The minimum Gasteiger partial charge on any atom is -0.396 e. The van der Waals surface area contributed by atoms with Crippen LogP contribution < -0.4 is 0 Å². The van der Waals surface area contributed by atoms with Gasteiger partial charge in [0, 0.05) is 38.3 Å². The number of methoxy groups -OCH3 is 1. The zero-order chi connectivity index (χ0) is 13.7. The Kier molecular flexibility index (Phi) is 5.63. The molecule has 2 aliphatic rings. The first-order valence-electron chi connectivity index (χ1n) is 7.62. The fourth-order valence-electron chi connectivity index (χ4n) is 3.15. The maximum atomic E-state index is 9.81. The average Bonchev–Trinajstić information content (AvgIpc) is 3.28. The standard InChI is InChI=1S/C15H29NO3/c1-13(14-4-5-14)16(7-9-18-2)10-15(11-17)6-3-8-19-12-15/h13-14,17H,3-12H2,1-2H3. The molecule has 4 heteroatoms. The molecule has 2 rings (SSSR count). The van der Waals surface area contributed by atoms with E-state index in [0.717, 1.165) is 45.1 Å². The lowest BCUT2D eigenvalue weighted by Gasteiger charge is -2.41. The number of rotatable bonds is 8. The molecule has 1 saturated heterocycles. The van der Waals surface area contributed by atoms with Gasteiger partial charge in [-0.25, -0.2) is 0 Å². The number of ether oxygens (including phenoxy) is 2. The molecule has 0 aromatic rings. The van der Waals surface area contributed by atoms with E-state index in [9.17, 15) is 5.11 Å². The topological polar surface area (TPSA) is 41.9 Å². The molecule has 2 unspecified atom stereocenters. The first kappa shape index (κ1) is 15.2. The van der Waals surface area contributed by atoms with E-state index in [1.165, 1.54) is 12.8 Å². The van der Waals surface area contributed by atoms with E-state index in [-0.39, 0.29) is 12.0 Å². The van der Waals surface area contributed by atoms with Crippen molar-refractivity contribution in [2.24, 2.45) is 11.3 Å². The molecule has 1 saturated carbocycles. The van der Waals surface area contributed by atoms with Gasteiger partial charge >= 0.3 is 0 Å². The molecule has 1 aliphatic heterocycles. The van der Waals surface area contributed by atoms with Crippen LogP contribution in [-0.2, 0) is 9.47 Å². The van der Waals surface area contributed by atoms with Gasteiger partial charge in [-0.3, -0.25) is 4.90 Å². The molecule has 2 fully saturated rings. The molecule has 0 spiro atoms. The highest BCUT2D eigenvalue weighted by atomic mass is 16.5. The van der Waals surface area contributed by atoms with Crippen LogP contribution in [0.25, 0.3) is 0 Å². The van der Waals surface area contributed by atoms with E-state index in [1.807, 2.05) is 0 Å². The lowest BCUT2D eigenvalue weighted by Crippen LogP contribution is -2.49. The molecule has 0 bridgehead atoms. The molecule has 1 N–H and O–H groups in total. The summed E-state index contributed by atoms with van der Waals surface area (Å²) in [6.07, 6.45) is 4.85. The van der Waals surface area contributed by atoms with Gasteiger partial charge in [0.05, 0.1) is 19.8 Å². The SMILES string of the molecule is COCCN(CC1(CO)CCCOC1)C(C)C1CC1. The van der Waals surface area contributed by atoms with Crippen LogP contribution in [0.2, 0.25) is 0 Å². The zero-order valence-corrected chi connectivity index (χ0v) is 12.4. The molecular weight excluding hydrogens is 242 g/mol. The summed E-state index contributed by atoms with van der Waals surface area (Å²) in [5.41, 5.74) is -0.0604. The Labute approximate surface area is 117 Å².